The summed E-state index contributed by atoms with van der Waals surface area (Å²) in [6.07, 6.45) is 11.6. The Morgan fingerprint density at radius 2 is 1.62 bits per heavy atom. The smallest absolute Gasteiger partial charge is 0.310 e. The number of carboxylic acid groups (broad SMARTS) is 1. The van der Waals surface area contributed by atoms with Crippen molar-refractivity contribution >= 4 is 5.97 Å². The van der Waals surface area contributed by atoms with Crippen LogP contribution in [0, 0.1) is 50.2 Å². The molecule has 5 rings (SSSR count). The molecule has 192 valence electrons. The number of carboxylic acids is 1. The summed E-state index contributed by atoms with van der Waals surface area (Å²) in [5, 5.41) is 31.8. The molecule has 3 N–H and O–H groups in total. The van der Waals surface area contributed by atoms with Gasteiger partial charge in [-0.05, 0) is 104 Å². The molecule has 4 heteroatoms. The maximum absolute atomic E-state index is 12.8. The van der Waals surface area contributed by atoms with E-state index in [4.69, 9.17) is 0 Å². The van der Waals surface area contributed by atoms with Gasteiger partial charge in [0.25, 0.3) is 0 Å². The van der Waals surface area contributed by atoms with Crippen LogP contribution < -0.4 is 0 Å². The predicted octanol–water partition coefficient (Wildman–Crippen LogP) is 6.21. The topological polar surface area (TPSA) is 77.8 Å². The summed E-state index contributed by atoms with van der Waals surface area (Å²) in [5.41, 5.74) is 0.858. The zero-order valence-electron chi connectivity index (χ0n) is 22.4. The molecule has 0 bridgehead atoms. The zero-order valence-corrected chi connectivity index (χ0v) is 22.4. The number of hydrogen-bond donors (Lipinski definition) is 3. The van der Waals surface area contributed by atoms with Gasteiger partial charge in [0.15, 0.2) is 0 Å². The normalized spacial score (nSPS) is 54.1. The fourth-order valence-corrected chi connectivity index (χ4v) is 10.7. The van der Waals surface area contributed by atoms with Crippen LogP contribution in [0.5, 0.6) is 0 Å². The van der Waals surface area contributed by atoms with Crippen molar-refractivity contribution in [1.29, 1.82) is 0 Å². The Morgan fingerprint density at radius 1 is 0.941 bits per heavy atom. The van der Waals surface area contributed by atoms with Crippen LogP contribution in [-0.2, 0) is 4.79 Å². The van der Waals surface area contributed by atoms with Crippen molar-refractivity contribution in [3.8, 4) is 0 Å². The standard InChI is InChI=1S/C30H48O4/c1-25(2)13-15-30(24(33)34)16-14-28(5)19(20(30)17-25)7-8-22-26(3)11-10-23(32)27(4,18-31)21(26)9-12-29(22,28)6/h7,20-23,31-32H,8-18H2,1-6H3,(H,33,34)/t20-,21-,22-,23+,26-,27-,28-,29-,30+/m1/s1. The minimum absolute atomic E-state index is 0.0204. The van der Waals surface area contributed by atoms with Crippen LogP contribution in [-0.4, -0.2) is 34.0 Å². The molecule has 4 saturated carbocycles. The molecule has 34 heavy (non-hydrogen) atoms. The average molecular weight is 473 g/mol. The summed E-state index contributed by atoms with van der Waals surface area (Å²) < 4.78 is 0. The van der Waals surface area contributed by atoms with Gasteiger partial charge in [0.05, 0.1) is 18.1 Å². The van der Waals surface area contributed by atoms with Gasteiger partial charge in [-0.1, -0.05) is 53.2 Å². The molecule has 0 aliphatic heterocycles. The first-order valence-corrected chi connectivity index (χ1v) is 13.9. The lowest BCUT2D eigenvalue weighted by Crippen LogP contribution is -2.65. The number of fused-ring (bicyclic) bond motifs is 7. The number of carbonyl (C=O) groups is 1. The first-order chi connectivity index (χ1) is 15.7. The van der Waals surface area contributed by atoms with Gasteiger partial charge in [0.1, 0.15) is 0 Å². The van der Waals surface area contributed by atoms with E-state index in [1.54, 1.807) is 0 Å². The largest absolute Gasteiger partial charge is 0.481 e. The maximum atomic E-state index is 12.8. The van der Waals surface area contributed by atoms with Crippen LogP contribution in [0.15, 0.2) is 11.6 Å². The monoisotopic (exact) mass is 472 g/mol. The van der Waals surface area contributed by atoms with Crippen molar-refractivity contribution < 1.29 is 20.1 Å². The van der Waals surface area contributed by atoms with Gasteiger partial charge in [0.2, 0.25) is 0 Å². The molecule has 0 aromatic carbocycles. The number of allylic oxidation sites excluding steroid dienone is 2. The van der Waals surface area contributed by atoms with Gasteiger partial charge in [-0.2, -0.15) is 0 Å². The number of aliphatic carboxylic acids is 1. The molecule has 0 saturated heterocycles. The highest BCUT2D eigenvalue weighted by Crippen LogP contribution is 2.75. The molecule has 0 amide bonds. The Hall–Kier alpha value is -0.870. The molecular formula is C30H48O4. The lowest BCUT2D eigenvalue weighted by Gasteiger charge is -2.71. The summed E-state index contributed by atoms with van der Waals surface area (Å²) in [6, 6.07) is 0. The Labute approximate surface area is 206 Å². The molecule has 0 aromatic heterocycles. The first kappa shape index (κ1) is 24.8. The molecule has 4 nitrogen and oxygen atoms in total. The summed E-state index contributed by atoms with van der Waals surface area (Å²) in [4.78, 5) is 12.8. The molecular weight excluding hydrogens is 424 g/mol. The van der Waals surface area contributed by atoms with Crippen molar-refractivity contribution in [1.82, 2.24) is 0 Å². The van der Waals surface area contributed by atoms with E-state index in [1.807, 2.05) is 0 Å². The second kappa shape index (κ2) is 7.34. The van der Waals surface area contributed by atoms with Crippen molar-refractivity contribution in [2.75, 3.05) is 6.61 Å². The summed E-state index contributed by atoms with van der Waals surface area (Å²) in [5.74, 6) is 0.395. The van der Waals surface area contributed by atoms with Crippen LogP contribution in [0.2, 0.25) is 0 Å². The number of hydrogen-bond acceptors (Lipinski definition) is 3. The highest BCUT2D eigenvalue weighted by atomic mass is 16.4. The van der Waals surface area contributed by atoms with E-state index < -0.39 is 22.9 Å². The number of rotatable bonds is 2. The van der Waals surface area contributed by atoms with Gasteiger partial charge in [0, 0.05) is 5.41 Å². The van der Waals surface area contributed by atoms with Crippen molar-refractivity contribution in [3.63, 3.8) is 0 Å². The fourth-order valence-electron chi connectivity index (χ4n) is 10.7. The molecule has 0 heterocycles. The fraction of sp³-hybridized carbons (Fsp3) is 0.900. The molecule has 4 fully saturated rings. The third kappa shape index (κ3) is 2.88. The average Bonchev–Trinajstić information content (AvgIpc) is 2.76. The Kier molecular flexibility index (Phi) is 5.36. The van der Waals surface area contributed by atoms with Gasteiger partial charge in [-0.3, -0.25) is 4.79 Å². The van der Waals surface area contributed by atoms with E-state index in [0.29, 0.717) is 11.8 Å². The van der Waals surface area contributed by atoms with Crippen LogP contribution in [0.1, 0.15) is 106 Å². The maximum Gasteiger partial charge on any atom is 0.310 e. The first-order valence-electron chi connectivity index (χ1n) is 13.9. The van der Waals surface area contributed by atoms with Crippen molar-refractivity contribution in [2.45, 2.75) is 112 Å². The van der Waals surface area contributed by atoms with Crippen molar-refractivity contribution in [2.24, 2.45) is 50.2 Å². The van der Waals surface area contributed by atoms with E-state index >= 15 is 0 Å². The van der Waals surface area contributed by atoms with Gasteiger partial charge < -0.3 is 15.3 Å². The Bertz CT molecular complexity index is 907. The highest BCUT2D eigenvalue weighted by Gasteiger charge is 2.69. The highest BCUT2D eigenvalue weighted by molar-refractivity contribution is 5.76. The van der Waals surface area contributed by atoms with E-state index in [1.165, 1.54) is 5.57 Å². The zero-order chi connectivity index (χ0) is 24.9. The second-order valence-corrected chi connectivity index (χ2v) is 14.9. The molecule has 5 aliphatic carbocycles. The molecule has 0 spiro atoms. The van der Waals surface area contributed by atoms with Gasteiger partial charge in [-0.15, -0.1) is 0 Å². The van der Waals surface area contributed by atoms with Gasteiger partial charge in [-0.25, -0.2) is 0 Å². The predicted molar refractivity (Wildman–Crippen MR) is 134 cm³/mol. The van der Waals surface area contributed by atoms with Gasteiger partial charge >= 0.3 is 5.97 Å². The van der Waals surface area contributed by atoms with Crippen LogP contribution >= 0.6 is 0 Å². The third-order valence-electron chi connectivity index (χ3n) is 13.2. The quantitative estimate of drug-likeness (QED) is 0.418. The van der Waals surface area contributed by atoms with E-state index in [0.717, 1.165) is 64.2 Å². The molecule has 9 atom stereocenters. The molecule has 0 aromatic rings. The number of aliphatic hydroxyl groups excluding tert-OH is 2. The SMILES string of the molecule is CC1(C)CC[C@]2(C(=O)O)CC[C@]3(C)C(=CC[C@@H]4[C@]5(C)CC[C@H](O)[C@](C)(CO)[C@@H]5CC[C@]43C)[C@H]2C1. The van der Waals surface area contributed by atoms with Crippen LogP contribution in [0.4, 0.5) is 0 Å². The van der Waals surface area contributed by atoms with E-state index in [9.17, 15) is 20.1 Å². The number of aliphatic hydroxyl groups is 2. The summed E-state index contributed by atoms with van der Waals surface area (Å²) in [6.45, 7) is 14.3. The summed E-state index contributed by atoms with van der Waals surface area (Å²) in [7, 11) is 0. The van der Waals surface area contributed by atoms with Crippen LogP contribution in [0.25, 0.3) is 0 Å². The minimum atomic E-state index is -0.588. The minimum Gasteiger partial charge on any atom is -0.481 e. The molecule has 0 radical (unpaired) electrons. The second-order valence-electron chi connectivity index (χ2n) is 14.9. The Morgan fingerprint density at radius 3 is 2.26 bits per heavy atom. The molecule has 5 aliphatic rings. The van der Waals surface area contributed by atoms with Crippen LogP contribution in [0.3, 0.4) is 0 Å². The lowest BCUT2D eigenvalue weighted by molar-refractivity contribution is -0.216. The molecule has 0 unspecified atom stereocenters. The van der Waals surface area contributed by atoms with E-state index in [2.05, 4.69) is 47.6 Å². The lowest BCUT2D eigenvalue weighted by atomic mass is 9.33. The third-order valence-corrected chi connectivity index (χ3v) is 13.2. The van der Waals surface area contributed by atoms with Crippen molar-refractivity contribution in [3.05, 3.63) is 11.6 Å². The Balaban J connectivity index is 1.60. The van der Waals surface area contributed by atoms with E-state index in [-0.39, 0.29) is 34.2 Å². The summed E-state index contributed by atoms with van der Waals surface area (Å²) >= 11 is 0.